The molecule has 236 valence electrons. The lowest BCUT2D eigenvalue weighted by Crippen LogP contribution is -2.39. The zero-order valence-electron chi connectivity index (χ0n) is 25.7. The SMILES string of the molecule is CCCC1=C([C@H](O)CC/C(=C/c2ccc(O)c(F)c2)CC)[C@H](CO)[C@@H]2C(=O)N(c3ccc(Nc4ccccc4)cc3)C(=O)[C@@H]2C1. The molecule has 7 nitrogen and oxygen atoms in total. The smallest absolute Gasteiger partial charge is 0.238 e. The highest BCUT2D eigenvalue weighted by Crippen LogP contribution is 2.48. The number of allylic oxidation sites excluding steroid dienone is 2. The Labute approximate surface area is 263 Å². The number of halogens is 1. The van der Waals surface area contributed by atoms with Crippen molar-refractivity contribution in [2.75, 3.05) is 16.8 Å². The van der Waals surface area contributed by atoms with E-state index in [1.807, 2.05) is 62.4 Å². The Morgan fingerprint density at radius 3 is 2.38 bits per heavy atom. The Bertz CT molecular complexity index is 1580. The van der Waals surface area contributed by atoms with Crippen molar-refractivity contribution in [3.8, 4) is 5.75 Å². The number of phenolic OH excluding ortho intramolecular Hbond substituents is 1. The van der Waals surface area contributed by atoms with E-state index >= 15 is 0 Å². The number of carbonyl (C=O) groups is 2. The lowest BCUT2D eigenvalue weighted by molar-refractivity contribution is -0.123. The molecule has 3 aromatic carbocycles. The van der Waals surface area contributed by atoms with Crippen molar-refractivity contribution in [2.24, 2.45) is 17.8 Å². The van der Waals surface area contributed by atoms with E-state index in [1.165, 1.54) is 17.0 Å². The van der Waals surface area contributed by atoms with Crippen LogP contribution in [-0.2, 0) is 9.59 Å². The Morgan fingerprint density at radius 1 is 1.02 bits per heavy atom. The number of aliphatic hydroxyl groups excluding tert-OH is 2. The van der Waals surface area contributed by atoms with Gasteiger partial charge >= 0.3 is 0 Å². The van der Waals surface area contributed by atoms with Crippen LogP contribution in [-0.4, -0.2) is 39.8 Å². The van der Waals surface area contributed by atoms with Gasteiger partial charge in [0.05, 0.1) is 30.2 Å². The van der Waals surface area contributed by atoms with E-state index in [2.05, 4.69) is 5.32 Å². The number of amides is 2. The molecule has 1 fully saturated rings. The van der Waals surface area contributed by atoms with Crippen molar-refractivity contribution in [2.45, 2.75) is 58.5 Å². The number of phenols is 1. The summed E-state index contributed by atoms with van der Waals surface area (Å²) in [5, 5.41) is 35.0. The molecule has 5 rings (SSSR count). The first-order valence-corrected chi connectivity index (χ1v) is 15.7. The first kappa shape index (κ1) is 32.1. The summed E-state index contributed by atoms with van der Waals surface area (Å²) >= 11 is 0. The van der Waals surface area contributed by atoms with Crippen molar-refractivity contribution < 1.29 is 29.3 Å². The number of benzene rings is 3. The number of aliphatic hydroxyl groups is 2. The van der Waals surface area contributed by atoms with E-state index in [0.29, 0.717) is 48.9 Å². The lowest BCUT2D eigenvalue weighted by atomic mass is 9.67. The first-order chi connectivity index (χ1) is 21.7. The summed E-state index contributed by atoms with van der Waals surface area (Å²) in [6.45, 7) is 3.67. The fourth-order valence-corrected chi connectivity index (χ4v) is 6.81. The molecule has 3 aromatic rings. The molecule has 0 saturated carbocycles. The number of para-hydroxylation sites is 1. The molecule has 0 spiro atoms. The second-order valence-electron chi connectivity index (χ2n) is 11.9. The predicted octanol–water partition coefficient (Wildman–Crippen LogP) is 7.12. The van der Waals surface area contributed by atoms with Crippen molar-refractivity contribution in [1.29, 1.82) is 0 Å². The zero-order valence-corrected chi connectivity index (χ0v) is 25.7. The maximum absolute atomic E-state index is 13.9. The Morgan fingerprint density at radius 2 is 1.73 bits per heavy atom. The van der Waals surface area contributed by atoms with Crippen LogP contribution in [0.3, 0.4) is 0 Å². The largest absolute Gasteiger partial charge is 0.505 e. The fourth-order valence-electron chi connectivity index (χ4n) is 6.81. The maximum Gasteiger partial charge on any atom is 0.238 e. The van der Waals surface area contributed by atoms with Gasteiger partial charge in [0.2, 0.25) is 11.8 Å². The van der Waals surface area contributed by atoms with Crippen LogP contribution in [0.1, 0.15) is 57.9 Å². The molecule has 1 aliphatic heterocycles. The number of imide groups is 1. The highest BCUT2D eigenvalue weighted by molar-refractivity contribution is 6.22. The standard InChI is InChI=1S/C37H41FN2O5/c1-3-8-25-21-29-35(37(45)40(36(29)44)28-15-13-27(14-16-28)39-26-9-6-5-7-10-26)30(22-41)34(25)33(43)18-11-23(4-2)19-24-12-17-32(42)31(38)20-24/h5-7,9-10,12-17,19-20,29-30,33,35,39,41-43H,3-4,8,11,18,21-22H2,1-2H3/b23-19+/t29-,30+,33-,35-/m1/s1. The van der Waals surface area contributed by atoms with Crippen molar-refractivity contribution >= 4 is 35.0 Å². The molecule has 2 aliphatic rings. The maximum atomic E-state index is 13.9. The monoisotopic (exact) mass is 612 g/mol. The van der Waals surface area contributed by atoms with E-state index in [0.717, 1.165) is 28.9 Å². The van der Waals surface area contributed by atoms with E-state index in [9.17, 15) is 29.3 Å². The molecule has 0 bridgehead atoms. The van der Waals surface area contributed by atoms with E-state index in [-0.39, 0.29) is 18.4 Å². The molecular weight excluding hydrogens is 571 g/mol. The van der Waals surface area contributed by atoms with E-state index < -0.39 is 35.4 Å². The highest BCUT2D eigenvalue weighted by atomic mass is 19.1. The summed E-state index contributed by atoms with van der Waals surface area (Å²) < 4.78 is 13.9. The molecule has 45 heavy (non-hydrogen) atoms. The molecule has 1 heterocycles. The van der Waals surface area contributed by atoms with E-state index in [1.54, 1.807) is 18.2 Å². The summed E-state index contributed by atoms with van der Waals surface area (Å²) in [5.41, 5.74) is 5.47. The van der Waals surface area contributed by atoms with Crippen LogP contribution in [0.15, 0.2) is 89.5 Å². The topological polar surface area (TPSA) is 110 Å². The summed E-state index contributed by atoms with van der Waals surface area (Å²) in [6, 6.07) is 21.1. The average molecular weight is 613 g/mol. The van der Waals surface area contributed by atoms with Crippen LogP contribution in [0.4, 0.5) is 21.5 Å². The number of carbonyl (C=O) groups excluding carboxylic acids is 2. The van der Waals surface area contributed by atoms with Gasteiger partial charge in [0.15, 0.2) is 11.6 Å². The average Bonchev–Trinajstić information content (AvgIpc) is 3.29. The number of nitrogens with one attached hydrogen (secondary N) is 1. The van der Waals surface area contributed by atoms with Crippen molar-refractivity contribution in [3.05, 3.63) is 101 Å². The number of hydrogen-bond acceptors (Lipinski definition) is 6. The number of fused-ring (bicyclic) bond motifs is 1. The van der Waals surface area contributed by atoms with Gasteiger partial charge in [-0.25, -0.2) is 4.39 Å². The Kier molecular flexibility index (Phi) is 10.2. The van der Waals surface area contributed by atoms with Gasteiger partial charge in [0, 0.05) is 17.3 Å². The molecule has 0 aromatic heterocycles. The third kappa shape index (κ3) is 6.87. The fraction of sp³-hybridized carbons (Fsp3) is 0.351. The van der Waals surface area contributed by atoms with Gasteiger partial charge in [-0.05, 0) is 91.8 Å². The van der Waals surface area contributed by atoms with Gasteiger partial charge in [0.1, 0.15) is 0 Å². The zero-order chi connectivity index (χ0) is 32.1. The molecule has 0 unspecified atom stereocenters. The van der Waals surface area contributed by atoms with Crippen molar-refractivity contribution in [1.82, 2.24) is 0 Å². The summed E-state index contributed by atoms with van der Waals surface area (Å²) in [5.74, 6) is -3.73. The molecule has 1 aliphatic carbocycles. The summed E-state index contributed by atoms with van der Waals surface area (Å²) in [7, 11) is 0. The van der Waals surface area contributed by atoms with Crippen LogP contribution in [0, 0.1) is 23.6 Å². The summed E-state index contributed by atoms with van der Waals surface area (Å²) in [4.78, 5) is 28.9. The predicted molar refractivity (Wildman–Crippen MR) is 174 cm³/mol. The molecule has 4 N–H and O–H groups in total. The minimum Gasteiger partial charge on any atom is -0.505 e. The third-order valence-corrected chi connectivity index (χ3v) is 9.02. The summed E-state index contributed by atoms with van der Waals surface area (Å²) in [6.07, 6.45) is 4.36. The van der Waals surface area contributed by atoms with Gasteiger partial charge in [-0.1, -0.05) is 61.8 Å². The Balaban J connectivity index is 1.35. The third-order valence-electron chi connectivity index (χ3n) is 9.02. The number of hydrogen-bond donors (Lipinski definition) is 4. The first-order valence-electron chi connectivity index (χ1n) is 15.7. The minimum atomic E-state index is -0.906. The van der Waals surface area contributed by atoms with Crippen LogP contribution < -0.4 is 10.2 Å². The molecular formula is C37H41FN2O5. The van der Waals surface area contributed by atoms with Gasteiger partial charge in [0.25, 0.3) is 0 Å². The number of anilines is 3. The Hall–Kier alpha value is -4.27. The van der Waals surface area contributed by atoms with Gasteiger partial charge in [-0.3, -0.25) is 14.5 Å². The quantitative estimate of drug-likeness (QED) is 0.128. The van der Waals surface area contributed by atoms with Crippen LogP contribution >= 0.6 is 0 Å². The van der Waals surface area contributed by atoms with Crippen LogP contribution in [0.25, 0.3) is 6.08 Å². The molecule has 8 heteroatoms. The van der Waals surface area contributed by atoms with Gasteiger partial charge in [-0.15, -0.1) is 0 Å². The van der Waals surface area contributed by atoms with Gasteiger partial charge < -0.3 is 20.6 Å². The number of nitrogens with zero attached hydrogens (tertiary/aromatic N) is 1. The van der Waals surface area contributed by atoms with Crippen LogP contribution in [0.5, 0.6) is 5.75 Å². The van der Waals surface area contributed by atoms with Crippen molar-refractivity contribution in [3.63, 3.8) is 0 Å². The molecule has 1 saturated heterocycles. The van der Waals surface area contributed by atoms with Crippen LogP contribution in [0.2, 0.25) is 0 Å². The minimum absolute atomic E-state index is 0.272. The second-order valence-corrected chi connectivity index (χ2v) is 11.9. The highest BCUT2D eigenvalue weighted by Gasteiger charge is 2.55. The number of rotatable bonds is 12. The molecule has 2 amide bonds. The van der Waals surface area contributed by atoms with Gasteiger partial charge in [-0.2, -0.15) is 0 Å². The number of aromatic hydroxyl groups is 1. The normalized spacial score (nSPS) is 20.9. The molecule has 0 radical (unpaired) electrons. The molecule has 4 atom stereocenters. The lowest BCUT2D eigenvalue weighted by Gasteiger charge is -2.36. The van der Waals surface area contributed by atoms with E-state index in [4.69, 9.17) is 0 Å². The second kappa shape index (κ2) is 14.2.